The first-order chi connectivity index (χ1) is 13.9. The van der Waals surface area contributed by atoms with E-state index in [1.165, 1.54) is 19.2 Å². The monoisotopic (exact) mass is 401 g/mol. The Morgan fingerprint density at radius 2 is 1.93 bits per heavy atom. The lowest BCUT2D eigenvalue weighted by atomic mass is 10.1. The van der Waals surface area contributed by atoms with Crippen LogP contribution in [0.25, 0.3) is 0 Å². The van der Waals surface area contributed by atoms with E-state index < -0.39 is 5.97 Å². The normalized spacial score (nSPS) is 16.3. The van der Waals surface area contributed by atoms with Crippen molar-refractivity contribution in [1.82, 2.24) is 4.90 Å². The Labute approximate surface area is 169 Å². The summed E-state index contributed by atoms with van der Waals surface area (Å²) in [5.41, 5.74) is 2.49. The van der Waals surface area contributed by atoms with E-state index in [4.69, 9.17) is 9.47 Å². The molecule has 154 valence electrons. The molecule has 0 saturated carbocycles. The van der Waals surface area contributed by atoms with Gasteiger partial charge in [0, 0.05) is 20.6 Å². The first kappa shape index (κ1) is 20.6. The van der Waals surface area contributed by atoms with Crippen LogP contribution in [0, 0.1) is 5.82 Å². The molecule has 2 amide bonds. The highest BCUT2D eigenvalue weighted by Crippen LogP contribution is 2.28. The van der Waals surface area contributed by atoms with Gasteiger partial charge in [-0.05, 0) is 35.9 Å². The van der Waals surface area contributed by atoms with Crippen molar-refractivity contribution in [1.29, 1.82) is 0 Å². The van der Waals surface area contributed by atoms with Crippen LogP contribution < -0.4 is 10.2 Å². The molecule has 2 aromatic carbocycles. The Balaban J connectivity index is 1.73. The Bertz CT molecular complexity index is 886. The van der Waals surface area contributed by atoms with E-state index in [2.05, 4.69) is 5.32 Å². The predicted octanol–water partition coefficient (Wildman–Crippen LogP) is 3.28. The summed E-state index contributed by atoms with van der Waals surface area (Å²) in [5.74, 6) is -0.757. The number of nitrogens with one attached hydrogen (secondary N) is 1. The number of hydrogen-bond donors (Lipinski definition) is 1. The van der Waals surface area contributed by atoms with Crippen molar-refractivity contribution in [3.05, 3.63) is 59.4 Å². The standard InChI is InChI=1S/C21H24FN3O4/c1-24(2)18-12-15(20(26)28-3)6-9-17(18)23-21(27)25-10-11-29-19(13-25)14-4-7-16(22)8-5-14/h4-9,12,19H,10-11,13H2,1-3H3,(H,23,27)/t19-/m1/s1. The van der Waals surface area contributed by atoms with Crippen LogP contribution in [0.3, 0.4) is 0 Å². The number of methoxy groups -OCH3 is 1. The number of esters is 1. The second-order valence-electron chi connectivity index (χ2n) is 6.91. The third-order valence-corrected chi connectivity index (χ3v) is 4.74. The predicted molar refractivity (Wildman–Crippen MR) is 108 cm³/mol. The maximum absolute atomic E-state index is 13.2. The summed E-state index contributed by atoms with van der Waals surface area (Å²) in [7, 11) is 4.97. The zero-order valence-corrected chi connectivity index (χ0v) is 16.6. The van der Waals surface area contributed by atoms with Crippen LogP contribution in [-0.2, 0) is 9.47 Å². The molecular weight excluding hydrogens is 377 g/mol. The average Bonchev–Trinajstić information content (AvgIpc) is 2.73. The molecule has 1 atom stereocenters. The SMILES string of the molecule is COC(=O)c1ccc(NC(=O)N2CCO[C@@H](c3ccc(F)cc3)C2)c(N(C)C)c1. The van der Waals surface area contributed by atoms with Crippen LogP contribution in [0.5, 0.6) is 0 Å². The quantitative estimate of drug-likeness (QED) is 0.796. The van der Waals surface area contributed by atoms with E-state index in [0.717, 1.165) is 5.56 Å². The van der Waals surface area contributed by atoms with Crippen molar-refractivity contribution in [3.63, 3.8) is 0 Å². The van der Waals surface area contributed by atoms with Crippen LogP contribution in [-0.4, -0.2) is 57.8 Å². The van der Waals surface area contributed by atoms with Gasteiger partial charge in [0.1, 0.15) is 11.9 Å². The highest BCUT2D eigenvalue weighted by atomic mass is 19.1. The second-order valence-corrected chi connectivity index (χ2v) is 6.91. The number of rotatable bonds is 4. The van der Waals surface area contributed by atoms with Crippen LogP contribution in [0.15, 0.2) is 42.5 Å². The third kappa shape index (κ3) is 4.83. The van der Waals surface area contributed by atoms with Crippen LogP contribution >= 0.6 is 0 Å². The molecule has 0 spiro atoms. The van der Waals surface area contributed by atoms with Crippen molar-refractivity contribution in [2.24, 2.45) is 0 Å². The summed E-state index contributed by atoms with van der Waals surface area (Å²) in [6, 6.07) is 10.8. The lowest BCUT2D eigenvalue weighted by molar-refractivity contribution is -0.0135. The zero-order chi connectivity index (χ0) is 21.0. The summed E-state index contributed by atoms with van der Waals surface area (Å²) < 4.78 is 23.7. The van der Waals surface area contributed by atoms with Crippen molar-refractivity contribution >= 4 is 23.4 Å². The second kappa shape index (κ2) is 8.91. The Morgan fingerprint density at radius 1 is 1.21 bits per heavy atom. The maximum atomic E-state index is 13.2. The topological polar surface area (TPSA) is 71.1 Å². The molecule has 0 aromatic heterocycles. The first-order valence-electron chi connectivity index (χ1n) is 9.21. The van der Waals surface area contributed by atoms with Crippen molar-refractivity contribution in [2.75, 3.05) is 51.1 Å². The molecule has 7 nitrogen and oxygen atoms in total. The van der Waals surface area contributed by atoms with Gasteiger partial charge in [-0.25, -0.2) is 14.0 Å². The highest BCUT2D eigenvalue weighted by Gasteiger charge is 2.26. The van der Waals surface area contributed by atoms with E-state index in [1.807, 2.05) is 19.0 Å². The van der Waals surface area contributed by atoms with E-state index in [-0.39, 0.29) is 18.0 Å². The number of benzene rings is 2. The van der Waals surface area contributed by atoms with Crippen LogP contribution in [0.4, 0.5) is 20.6 Å². The number of carbonyl (C=O) groups excluding carboxylic acids is 2. The van der Waals surface area contributed by atoms with Gasteiger partial charge in [-0.1, -0.05) is 12.1 Å². The van der Waals surface area contributed by atoms with Gasteiger partial charge >= 0.3 is 12.0 Å². The largest absolute Gasteiger partial charge is 0.465 e. The lowest BCUT2D eigenvalue weighted by Crippen LogP contribution is -2.44. The zero-order valence-electron chi connectivity index (χ0n) is 16.6. The van der Waals surface area contributed by atoms with Crippen LogP contribution in [0.1, 0.15) is 22.0 Å². The Morgan fingerprint density at radius 3 is 2.59 bits per heavy atom. The highest BCUT2D eigenvalue weighted by molar-refractivity contribution is 5.97. The average molecular weight is 401 g/mol. The molecule has 1 fully saturated rings. The summed E-state index contributed by atoms with van der Waals surface area (Å²) in [6.07, 6.45) is -0.315. The lowest BCUT2D eigenvalue weighted by Gasteiger charge is -2.33. The smallest absolute Gasteiger partial charge is 0.337 e. The number of urea groups is 1. The molecule has 1 heterocycles. The van der Waals surface area contributed by atoms with Gasteiger partial charge in [-0.2, -0.15) is 0 Å². The summed E-state index contributed by atoms with van der Waals surface area (Å²) in [6.45, 7) is 1.19. The first-order valence-corrected chi connectivity index (χ1v) is 9.21. The van der Waals surface area contributed by atoms with Gasteiger partial charge in [0.15, 0.2) is 0 Å². The fraction of sp³-hybridized carbons (Fsp3) is 0.333. The molecule has 1 N–H and O–H groups in total. The number of amides is 2. The number of morpholine rings is 1. The Hall–Kier alpha value is -3.13. The fourth-order valence-electron chi connectivity index (χ4n) is 3.16. The minimum atomic E-state index is -0.443. The molecule has 1 saturated heterocycles. The summed E-state index contributed by atoms with van der Waals surface area (Å²) in [4.78, 5) is 28.1. The molecule has 3 rings (SSSR count). The van der Waals surface area contributed by atoms with E-state index in [1.54, 1.807) is 35.2 Å². The van der Waals surface area contributed by atoms with E-state index >= 15 is 0 Å². The number of hydrogen-bond acceptors (Lipinski definition) is 5. The molecule has 0 radical (unpaired) electrons. The molecular formula is C21H24FN3O4. The van der Waals surface area contributed by atoms with Gasteiger partial charge in [0.25, 0.3) is 0 Å². The van der Waals surface area contributed by atoms with E-state index in [0.29, 0.717) is 36.6 Å². The molecule has 29 heavy (non-hydrogen) atoms. The van der Waals surface area contributed by atoms with Gasteiger partial charge in [-0.15, -0.1) is 0 Å². The van der Waals surface area contributed by atoms with Crippen molar-refractivity contribution < 1.29 is 23.5 Å². The molecule has 0 unspecified atom stereocenters. The number of anilines is 2. The van der Waals surface area contributed by atoms with Gasteiger partial charge in [0.2, 0.25) is 0 Å². The van der Waals surface area contributed by atoms with Gasteiger partial charge in [-0.3, -0.25) is 0 Å². The van der Waals surface area contributed by atoms with E-state index in [9.17, 15) is 14.0 Å². The number of nitrogens with zero attached hydrogens (tertiary/aromatic N) is 2. The molecule has 1 aliphatic rings. The maximum Gasteiger partial charge on any atom is 0.337 e. The van der Waals surface area contributed by atoms with Crippen molar-refractivity contribution in [2.45, 2.75) is 6.10 Å². The third-order valence-electron chi connectivity index (χ3n) is 4.74. The van der Waals surface area contributed by atoms with Gasteiger partial charge in [0.05, 0.1) is 37.2 Å². The minimum absolute atomic E-state index is 0.269. The van der Waals surface area contributed by atoms with Crippen LogP contribution in [0.2, 0.25) is 0 Å². The number of halogens is 1. The van der Waals surface area contributed by atoms with Crippen molar-refractivity contribution in [3.8, 4) is 0 Å². The minimum Gasteiger partial charge on any atom is -0.465 e. The molecule has 0 bridgehead atoms. The molecule has 1 aliphatic heterocycles. The summed E-state index contributed by atoms with van der Waals surface area (Å²) in [5, 5.41) is 2.90. The molecule has 8 heteroatoms. The van der Waals surface area contributed by atoms with Gasteiger partial charge < -0.3 is 24.6 Å². The number of ether oxygens (including phenoxy) is 2. The molecule has 2 aromatic rings. The fourth-order valence-corrected chi connectivity index (χ4v) is 3.16. The number of carbonyl (C=O) groups is 2. The molecule has 0 aliphatic carbocycles. The Kier molecular flexibility index (Phi) is 6.33. The summed E-state index contributed by atoms with van der Waals surface area (Å²) >= 11 is 0.